The zero-order chi connectivity index (χ0) is 28.0. The summed E-state index contributed by atoms with van der Waals surface area (Å²) in [6, 6.07) is 12.2. The van der Waals surface area contributed by atoms with Crippen molar-refractivity contribution in [3.63, 3.8) is 0 Å². The molecule has 0 aliphatic heterocycles. The van der Waals surface area contributed by atoms with Gasteiger partial charge in [-0.15, -0.1) is 17.5 Å². The lowest BCUT2D eigenvalue weighted by atomic mass is 9.98. The highest BCUT2D eigenvalue weighted by molar-refractivity contribution is 7.84. The van der Waals surface area contributed by atoms with E-state index < -0.39 is 0 Å². The minimum absolute atomic E-state index is 0.439. The summed E-state index contributed by atoms with van der Waals surface area (Å²) in [5.41, 5.74) is 7.43. The zero-order valence-electron chi connectivity index (χ0n) is 24.6. The summed E-state index contributed by atoms with van der Waals surface area (Å²) in [4.78, 5) is 15.6. The van der Waals surface area contributed by atoms with Crippen LogP contribution in [0.5, 0.6) is 0 Å². The molecule has 4 heteroatoms. The number of hydrogen-bond acceptors (Lipinski definition) is 4. The maximum Gasteiger partial charge on any atom is 0.117 e. The molecule has 35 heavy (non-hydrogen) atoms. The van der Waals surface area contributed by atoms with Gasteiger partial charge in [-0.1, -0.05) is 97.2 Å². The Labute approximate surface area is 223 Å². The second kappa shape index (κ2) is 23.5. The highest BCUT2D eigenvalue weighted by atomic mass is 32.1. The minimum atomic E-state index is 0.439. The SMILES string of the molecule is C=C(C)S.CC.CCCCC.CN=C(C)c1cc(C(C)C)ccc1N=O.Cc1ccc(C)c(C)c1. The van der Waals surface area contributed by atoms with Gasteiger partial charge in [0.25, 0.3) is 0 Å². The molecule has 0 bridgehead atoms. The van der Waals surface area contributed by atoms with Gasteiger partial charge in [0.1, 0.15) is 5.69 Å². The average molecular weight is 501 g/mol. The lowest BCUT2D eigenvalue weighted by Crippen LogP contribution is -1.97. The van der Waals surface area contributed by atoms with Crippen molar-refractivity contribution < 1.29 is 0 Å². The molecular weight excluding hydrogens is 448 g/mol. The molecule has 0 aliphatic carbocycles. The van der Waals surface area contributed by atoms with Crippen molar-refractivity contribution in [3.8, 4) is 0 Å². The van der Waals surface area contributed by atoms with Crippen molar-refractivity contribution in [2.45, 2.75) is 101 Å². The van der Waals surface area contributed by atoms with Gasteiger partial charge in [-0.25, -0.2) is 0 Å². The van der Waals surface area contributed by atoms with Gasteiger partial charge in [0.15, 0.2) is 0 Å². The number of thiol groups is 1. The lowest BCUT2D eigenvalue weighted by molar-refractivity contribution is 0.772. The number of rotatable bonds is 5. The van der Waals surface area contributed by atoms with E-state index in [-0.39, 0.29) is 0 Å². The summed E-state index contributed by atoms with van der Waals surface area (Å²) in [6.45, 7) is 26.2. The van der Waals surface area contributed by atoms with E-state index in [1.165, 1.54) is 41.5 Å². The Morgan fingerprint density at radius 3 is 1.77 bits per heavy atom. The fourth-order valence-electron chi connectivity index (χ4n) is 2.65. The number of aliphatic imine (C=N–C) groups is 1. The first-order valence-corrected chi connectivity index (χ1v) is 13.2. The van der Waals surface area contributed by atoms with Gasteiger partial charge in [0.2, 0.25) is 0 Å². The molecule has 2 aromatic rings. The van der Waals surface area contributed by atoms with Crippen LogP contribution in [0.3, 0.4) is 0 Å². The maximum absolute atomic E-state index is 10.6. The average Bonchev–Trinajstić information content (AvgIpc) is 2.83. The monoisotopic (exact) mass is 500 g/mol. The third kappa shape index (κ3) is 19.8. The second-order valence-corrected chi connectivity index (χ2v) is 9.27. The third-order valence-electron chi connectivity index (χ3n) is 4.88. The molecule has 0 spiro atoms. The van der Waals surface area contributed by atoms with E-state index in [0.717, 1.165) is 16.2 Å². The standard InChI is InChI=1S/C12H16N2O.C9H12.C5H12.C3H6S.C2H6/c1-8(2)10-5-6-12(14-15)11(7-10)9(3)13-4;1-7-4-5-8(2)9(3)6-7;1-3-5-4-2;1-3(2)4;1-2/h5-8H,1-4H3;4-6H,1-3H3;3-5H2,1-2H3;4H,1H2,2H3;1-2H3. The summed E-state index contributed by atoms with van der Waals surface area (Å²) < 4.78 is 0. The van der Waals surface area contributed by atoms with Gasteiger partial charge in [0.05, 0.1) is 0 Å². The van der Waals surface area contributed by atoms with Crippen LogP contribution in [0.15, 0.2) is 58.1 Å². The molecule has 0 fully saturated rings. The van der Waals surface area contributed by atoms with Crippen molar-refractivity contribution in [2.24, 2.45) is 10.2 Å². The fourth-order valence-corrected chi connectivity index (χ4v) is 2.65. The van der Waals surface area contributed by atoms with Crippen LogP contribution < -0.4 is 0 Å². The minimum Gasteiger partial charge on any atom is -0.293 e. The smallest absolute Gasteiger partial charge is 0.117 e. The molecule has 0 saturated carbocycles. The van der Waals surface area contributed by atoms with Gasteiger partial charge < -0.3 is 0 Å². The number of hydrogen-bond donors (Lipinski definition) is 1. The predicted octanol–water partition coefficient (Wildman–Crippen LogP) is 10.9. The van der Waals surface area contributed by atoms with Crippen LogP contribution in [0, 0.1) is 25.7 Å². The number of benzene rings is 2. The predicted molar refractivity (Wildman–Crippen MR) is 165 cm³/mol. The molecule has 0 radical (unpaired) electrons. The van der Waals surface area contributed by atoms with Gasteiger partial charge in [-0.2, -0.15) is 0 Å². The van der Waals surface area contributed by atoms with Crippen molar-refractivity contribution in [2.75, 3.05) is 7.05 Å². The molecule has 2 rings (SSSR count). The first kappa shape index (κ1) is 37.4. The van der Waals surface area contributed by atoms with E-state index in [1.807, 2.05) is 39.8 Å². The summed E-state index contributed by atoms with van der Waals surface area (Å²) in [5, 5.41) is 3.01. The van der Waals surface area contributed by atoms with E-state index >= 15 is 0 Å². The van der Waals surface area contributed by atoms with Crippen molar-refractivity contribution in [1.29, 1.82) is 0 Å². The van der Waals surface area contributed by atoms with E-state index in [4.69, 9.17) is 0 Å². The first-order valence-electron chi connectivity index (χ1n) is 12.7. The largest absolute Gasteiger partial charge is 0.293 e. The fraction of sp³-hybridized carbons (Fsp3) is 0.516. The molecule has 0 aromatic heterocycles. The Morgan fingerprint density at radius 1 is 0.943 bits per heavy atom. The van der Waals surface area contributed by atoms with Gasteiger partial charge in [-0.3, -0.25) is 4.99 Å². The molecule has 0 unspecified atom stereocenters. The van der Waals surface area contributed by atoms with Crippen molar-refractivity contribution in [1.82, 2.24) is 0 Å². The van der Waals surface area contributed by atoms with Crippen LogP contribution >= 0.6 is 12.6 Å². The van der Waals surface area contributed by atoms with Crippen LogP contribution in [0.25, 0.3) is 0 Å². The van der Waals surface area contributed by atoms with Gasteiger partial charge in [-0.05, 0) is 79.4 Å². The number of nitrogens with zero attached hydrogens (tertiary/aromatic N) is 2. The van der Waals surface area contributed by atoms with Crippen LogP contribution in [0.1, 0.15) is 108 Å². The molecule has 0 saturated heterocycles. The Hall–Kier alpha value is -2.20. The van der Waals surface area contributed by atoms with E-state index in [2.05, 4.69) is 96.0 Å². The Morgan fingerprint density at radius 2 is 1.46 bits per heavy atom. The third-order valence-corrected chi connectivity index (χ3v) is 4.88. The number of aryl methyl sites for hydroxylation is 3. The summed E-state index contributed by atoms with van der Waals surface area (Å²) in [5.74, 6) is 0.439. The molecule has 0 amide bonds. The van der Waals surface area contributed by atoms with Crippen molar-refractivity contribution in [3.05, 3.63) is 80.6 Å². The second-order valence-electron chi connectivity index (χ2n) is 8.51. The highest BCUT2D eigenvalue weighted by Crippen LogP contribution is 2.25. The number of nitroso groups, excluding NO2 is 1. The van der Waals surface area contributed by atoms with E-state index in [1.54, 1.807) is 13.1 Å². The Kier molecular flexibility index (Phi) is 25.1. The quantitative estimate of drug-likeness (QED) is 0.247. The van der Waals surface area contributed by atoms with Crippen molar-refractivity contribution >= 4 is 24.0 Å². The zero-order valence-corrected chi connectivity index (χ0v) is 25.5. The molecule has 2 aromatic carbocycles. The molecule has 198 valence electrons. The Balaban J connectivity index is -0.000000434. The molecule has 3 nitrogen and oxygen atoms in total. The van der Waals surface area contributed by atoms with Gasteiger partial charge in [0, 0.05) is 18.3 Å². The molecular formula is C31H52N2OS. The van der Waals surface area contributed by atoms with Crippen LogP contribution in [-0.2, 0) is 0 Å². The summed E-state index contributed by atoms with van der Waals surface area (Å²) in [6.07, 6.45) is 4.08. The van der Waals surface area contributed by atoms with Crippen LogP contribution in [0.2, 0.25) is 0 Å². The highest BCUT2D eigenvalue weighted by Gasteiger charge is 2.08. The summed E-state index contributed by atoms with van der Waals surface area (Å²) in [7, 11) is 1.71. The molecule has 0 atom stereocenters. The molecule has 0 N–H and O–H groups in total. The lowest BCUT2D eigenvalue weighted by Gasteiger charge is -2.09. The van der Waals surface area contributed by atoms with Gasteiger partial charge >= 0.3 is 0 Å². The number of allylic oxidation sites excluding steroid dienone is 1. The normalized spacial score (nSPS) is 9.71. The maximum atomic E-state index is 10.6. The topological polar surface area (TPSA) is 41.8 Å². The van der Waals surface area contributed by atoms with Crippen LogP contribution in [0.4, 0.5) is 5.69 Å². The first-order chi connectivity index (χ1) is 16.4. The van der Waals surface area contributed by atoms with E-state index in [9.17, 15) is 4.91 Å². The summed E-state index contributed by atoms with van der Waals surface area (Å²) >= 11 is 3.77. The number of unbranched alkanes of at least 4 members (excludes halogenated alkanes) is 2. The molecule has 0 aliphatic rings. The van der Waals surface area contributed by atoms with Crippen LogP contribution in [-0.4, -0.2) is 12.8 Å². The Bertz CT molecular complexity index is 864. The molecule has 0 heterocycles. The van der Waals surface area contributed by atoms with E-state index in [0.29, 0.717) is 11.6 Å².